The first-order valence-electron chi connectivity index (χ1n) is 9.56. The van der Waals surface area contributed by atoms with Crippen LogP contribution in [0.5, 0.6) is 5.75 Å². The molecule has 5 nitrogen and oxygen atoms in total. The van der Waals surface area contributed by atoms with E-state index in [-0.39, 0.29) is 0 Å². The van der Waals surface area contributed by atoms with E-state index in [0.29, 0.717) is 11.3 Å². The Kier molecular flexibility index (Phi) is 6.99. The third-order valence-electron chi connectivity index (χ3n) is 4.74. The van der Waals surface area contributed by atoms with Crippen LogP contribution in [0.25, 0.3) is 6.08 Å². The number of hydrogen-bond acceptors (Lipinski definition) is 5. The molecular weight excluding hydrogens is 451 g/mol. The molecule has 32 heavy (non-hydrogen) atoms. The molecule has 166 valence electrons. The summed E-state index contributed by atoms with van der Waals surface area (Å²) in [7, 11) is -8.30. The predicted octanol–water partition coefficient (Wildman–Crippen LogP) is 4.82. The molecule has 3 aromatic rings. The number of ether oxygens (including phenoxy) is 1. The molecule has 0 atom stereocenters. The highest BCUT2D eigenvalue weighted by atomic mass is 32.3. The first kappa shape index (κ1) is 23.5. The van der Waals surface area contributed by atoms with Gasteiger partial charge in [0.2, 0.25) is 19.7 Å². The van der Waals surface area contributed by atoms with Crippen molar-refractivity contribution in [3.05, 3.63) is 102 Å². The van der Waals surface area contributed by atoms with Gasteiger partial charge < -0.3 is 4.74 Å². The summed E-state index contributed by atoms with van der Waals surface area (Å²) in [5.74, 6) is 0.650. The van der Waals surface area contributed by atoms with Gasteiger partial charge in [-0.2, -0.15) is 0 Å². The van der Waals surface area contributed by atoms with Crippen LogP contribution in [0.1, 0.15) is 12.0 Å². The third-order valence-corrected chi connectivity index (χ3v) is 9.78. The van der Waals surface area contributed by atoms with Gasteiger partial charge in [-0.3, -0.25) is 0 Å². The standard InChI is InChI=1S/C24H21FO5S2/c1-30-21-17-15-20(16-18-21)10-8-9-19-24(25,31(26,27)22-11-4-2-5-12-22)32(28,29)23-13-6-3-7-14-23/h2-7,9-18H,19H2,1H3. The van der Waals surface area contributed by atoms with Crippen molar-refractivity contribution in [2.24, 2.45) is 0 Å². The fraction of sp³-hybridized carbons (Fsp3) is 0.125. The summed E-state index contributed by atoms with van der Waals surface area (Å²) in [6.07, 6.45) is 1.63. The van der Waals surface area contributed by atoms with E-state index in [4.69, 9.17) is 4.74 Å². The van der Waals surface area contributed by atoms with Crippen LogP contribution in [0.3, 0.4) is 0 Å². The number of rotatable bonds is 8. The molecule has 3 rings (SSSR count). The van der Waals surface area contributed by atoms with Crippen molar-refractivity contribution in [2.45, 2.75) is 20.5 Å². The lowest BCUT2D eigenvalue weighted by Gasteiger charge is -2.24. The van der Waals surface area contributed by atoms with E-state index in [2.05, 4.69) is 5.73 Å². The highest BCUT2D eigenvalue weighted by molar-refractivity contribution is 8.10. The zero-order valence-corrected chi connectivity index (χ0v) is 18.8. The van der Waals surface area contributed by atoms with E-state index in [1.54, 1.807) is 36.4 Å². The summed E-state index contributed by atoms with van der Waals surface area (Å²) in [5, 5.41) is 0. The Hall–Kier alpha value is -3.19. The van der Waals surface area contributed by atoms with Crippen molar-refractivity contribution < 1.29 is 26.0 Å². The number of sulfone groups is 2. The van der Waals surface area contributed by atoms with Crippen molar-refractivity contribution in [2.75, 3.05) is 7.11 Å². The molecule has 0 saturated heterocycles. The lowest BCUT2D eigenvalue weighted by atomic mass is 10.2. The Morgan fingerprint density at radius 1 is 0.812 bits per heavy atom. The SMILES string of the molecule is COc1ccc(C=C=CCC(F)(S(=O)(=O)c2ccccc2)S(=O)(=O)c2ccccc2)cc1. The minimum absolute atomic E-state index is 0.422. The molecule has 0 amide bonds. The van der Waals surface area contributed by atoms with Crippen molar-refractivity contribution in [1.29, 1.82) is 0 Å². The highest BCUT2D eigenvalue weighted by Gasteiger charge is 2.56. The van der Waals surface area contributed by atoms with E-state index >= 15 is 4.39 Å². The van der Waals surface area contributed by atoms with E-state index < -0.39 is 40.2 Å². The number of alkyl halides is 1. The number of methoxy groups -OCH3 is 1. The number of halogens is 1. The first-order valence-corrected chi connectivity index (χ1v) is 12.5. The molecule has 0 aliphatic rings. The van der Waals surface area contributed by atoms with Gasteiger partial charge in [0.25, 0.3) is 0 Å². The Bertz CT molecular complexity index is 1260. The predicted molar refractivity (Wildman–Crippen MR) is 121 cm³/mol. The zero-order valence-electron chi connectivity index (χ0n) is 17.2. The van der Waals surface area contributed by atoms with Gasteiger partial charge in [0, 0.05) is 6.42 Å². The Morgan fingerprint density at radius 2 is 1.28 bits per heavy atom. The molecular formula is C24H21FO5S2. The molecule has 8 heteroatoms. The van der Waals surface area contributed by atoms with Crippen LogP contribution >= 0.6 is 0 Å². The minimum atomic E-state index is -4.92. The maximum atomic E-state index is 16.3. The molecule has 0 unspecified atom stereocenters. The second-order valence-electron chi connectivity index (χ2n) is 6.79. The molecule has 0 aromatic heterocycles. The highest BCUT2D eigenvalue weighted by Crippen LogP contribution is 2.40. The fourth-order valence-corrected chi connectivity index (χ4v) is 7.02. The fourth-order valence-electron chi connectivity index (χ4n) is 2.95. The van der Waals surface area contributed by atoms with Gasteiger partial charge in [-0.15, -0.1) is 5.73 Å². The largest absolute Gasteiger partial charge is 0.497 e. The second kappa shape index (κ2) is 9.53. The minimum Gasteiger partial charge on any atom is -0.497 e. The van der Waals surface area contributed by atoms with Gasteiger partial charge in [-0.05, 0) is 54.1 Å². The van der Waals surface area contributed by atoms with Gasteiger partial charge in [-0.1, -0.05) is 48.5 Å². The average molecular weight is 473 g/mol. The van der Waals surface area contributed by atoms with Crippen LogP contribution in [0.2, 0.25) is 0 Å². The molecule has 0 radical (unpaired) electrons. The van der Waals surface area contributed by atoms with Gasteiger partial charge in [0.05, 0.1) is 16.9 Å². The molecule has 0 aliphatic heterocycles. The topological polar surface area (TPSA) is 77.5 Å². The molecule has 0 fully saturated rings. The maximum absolute atomic E-state index is 16.3. The maximum Gasteiger partial charge on any atom is 0.321 e. The Labute approximate surface area is 187 Å². The quantitative estimate of drug-likeness (QED) is 0.439. The second-order valence-corrected chi connectivity index (χ2v) is 11.3. The summed E-state index contributed by atoms with van der Waals surface area (Å²) in [5.41, 5.74) is 3.38. The lowest BCUT2D eigenvalue weighted by molar-refractivity contribution is 0.358. The van der Waals surface area contributed by atoms with Crippen LogP contribution in [-0.4, -0.2) is 28.3 Å². The van der Waals surface area contributed by atoms with Crippen molar-refractivity contribution in [3.8, 4) is 5.75 Å². The van der Waals surface area contributed by atoms with E-state index in [0.717, 1.165) is 6.08 Å². The molecule has 0 aliphatic carbocycles. The molecule has 0 bridgehead atoms. The van der Waals surface area contributed by atoms with Crippen LogP contribution in [0.4, 0.5) is 4.39 Å². The summed E-state index contributed by atoms with van der Waals surface area (Å²) in [6.45, 7) is 0. The lowest BCUT2D eigenvalue weighted by Crippen LogP contribution is -2.42. The van der Waals surface area contributed by atoms with E-state index in [9.17, 15) is 16.8 Å². The van der Waals surface area contributed by atoms with E-state index in [1.807, 2.05) is 0 Å². The normalized spacial score (nSPS) is 11.9. The summed E-state index contributed by atoms with van der Waals surface area (Å²) in [6, 6.07) is 20.3. The Morgan fingerprint density at radius 3 is 1.72 bits per heavy atom. The summed E-state index contributed by atoms with van der Waals surface area (Å²) in [4.78, 5) is -0.843. The number of allylic oxidation sites excluding steroid dienone is 1. The van der Waals surface area contributed by atoms with Crippen molar-refractivity contribution in [3.63, 3.8) is 0 Å². The van der Waals surface area contributed by atoms with Gasteiger partial charge in [-0.25, -0.2) is 21.2 Å². The monoisotopic (exact) mass is 472 g/mol. The van der Waals surface area contributed by atoms with Crippen LogP contribution in [0, 0.1) is 0 Å². The van der Waals surface area contributed by atoms with Crippen LogP contribution in [0.15, 0.2) is 107 Å². The first-order chi connectivity index (χ1) is 15.2. The van der Waals surface area contributed by atoms with Gasteiger partial charge in [0.1, 0.15) is 5.75 Å². The average Bonchev–Trinajstić information content (AvgIpc) is 2.83. The number of benzene rings is 3. The smallest absolute Gasteiger partial charge is 0.321 e. The molecule has 0 heterocycles. The molecule has 0 saturated carbocycles. The van der Waals surface area contributed by atoms with Gasteiger partial charge in [0.15, 0.2) is 0 Å². The van der Waals surface area contributed by atoms with Crippen LogP contribution < -0.4 is 4.74 Å². The molecule has 0 N–H and O–H groups in total. The molecule has 3 aromatic carbocycles. The summed E-state index contributed by atoms with van der Waals surface area (Å²) < 4.78 is 70.4. The van der Waals surface area contributed by atoms with Gasteiger partial charge >= 0.3 is 4.33 Å². The Balaban J connectivity index is 2.05. The summed E-state index contributed by atoms with van der Waals surface area (Å²) >= 11 is 0. The van der Waals surface area contributed by atoms with Crippen molar-refractivity contribution in [1.82, 2.24) is 0 Å². The number of hydrogen-bond donors (Lipinski definition) is 0. The van der Waals surface area contributed by atoms with Crippen LogP contribution in [-0.2, 0) is 19.7 Å². The van der Waals surface area contributed by atoms with E-state index in [1.165, 1.54) is 61.7 Å². The third kappa shape index (κ3) is 4.53. The van der Waals surface area contributed by atoms with Crippen molar-refractivity contribution >= 4 is 25.8 Å². The molecule has 0 spiro atoms. The zero-order chi connectivity index (χ0) is 23.2.